The molecule has 0 aromatic heterocycles. The molecule has 3 heterocycles. The van der Waals surface area contributed by atoms with E-state index in [4.69, 9.17) is 32.5 Å². The highest BCUT2D eigenvalue weighted by molar-refractivity contribution is 6.74. The summed E-state index contributed by atoms with van der Waals surface area (Å²) in [5.41, 5.74) is 2.17. The van der Waals surface area contributed by atoms with E-state index in [1.807, 2.05) is 0 Å². The molecule has 0 saturated carbocycles. The van der Waals surface area contributed by atoms with Crippen molar-refractivity contribution < 1.29 is 42.1 Å². The number of ether oxygens (including phenoxy) is 5. The standard InChI is InChI=1S/C41H74O9Si2/c1-27-21-31(18-19-34-28(2)22-30(47-34)17-16-20-42)48-35(29(27)3)25-36-33(24-38(43)44-10)39(45-11)37(49-36)23-32(50-52(14,15)41(7,8)9)26-46-51(12,13)40(4,5)6/h20,27,30-37,39H,2-3,16-19,21-26H2,1,4-15H3/t27-,30?,31+,32?,33+,34?,35-,36?,37?,39-/m1/s1. The number of rotatable bonds is 18. The van der Waals surface area contributed by atoms with Crippen LogP contribution in [0.3, 0.4) is 0 Å². The van der Waals surface area contributed by atoms with Crippen LogP contribution >= 0.6 is 0 Å². The van der Waals surface area contributed by atoms with Crippen LogP contribution in [0, 0.1) is 11.8 Å². The van der Waals surface area contributed by atoms with Crippen LogP contribution in [0.4, 0.5) is 0 Å². The summed E-state index contributed by atoms with van der Waals surface area (Å²) in [6, 6.07) is 0. The van der Waals surface area contributed by atoms with Gasteiger partial charge in [0.15, 0.2) is 16.6 Å². The number of carbonyl (C=O) groups is 2. The lowest BCUT2D eigenvalue weighted by Crippen LogP contribution is -2.49. The molecule has 52 heavy (non-hydrogen) atoms. The molecule has 3 rings (SSSR count). The fraction of sp³-hybridized carbons (Fsp3) is 0.854. The Morgan fingerprint density at radius 2 is 1.54 bits per heavy atom. The molecule has 0 aromatic carbocycles. The van der Waals surface area contributed by atoms with Gasteiger partial charge in [0.1, 0.15) is 6.29 Å². The highest BCUT2D eigenvalue weighted by Crippen LogP contribution is 2.44. The molecule has 0 aromatic rings. The highest BCUT2D eigenvalue weighted by atomic mass is 28.4. The molecule has 0 spiro atoms. The minimum Gasteiger partial charge on any atom is -0.469 e. The van der Waals surface area contributed by atoms with Gasteiger partial charge in [0.25, 0.3) is 0 Å². The van der Waals surface area contributed by atoms with E-state index >= 15 is 0 Å². The van der Waals surface area contributed by atoms with Crippen molar-refractivity contribution in [2.75, 3.05) is 20.8 Å². The smallest absolute Gasteiger partial charge is 0.305 e. The van der Waals surface area contributed by atoms with Gasteiger partial charge in [0.05, 0.1) is 69.0 Å². The summed E-state index contributed by atoms with van der Waals surface area (Å²) < 4.78 is 45.2. The third-order valence-electron chi connectivity index (χ3n) is 12.8. The van der Waals surface area contributed by atoms with E-state index in [1.165, 1.54) is 7.11 Å². The van der Waals surface area contributed by atoms with Crippen LogP contribution in [0.15, 0.2) is 24.3 Å². The van der Waals surface area contributed by atoms with E-state index in [1.54, 1.807) is 7.11 Å². The van der Waals surface area contributed by atoms with Gasteiger partial charge >= 0.3 is 5.97 Å². The topological polar surface area (TPSA) is 98.8 Å². The molecule has 0 bridgehead atoms. The molecule has 300 valence electrons. The van der Waals surface area contributed by atoms with Gasteiger partial charge in [-0.1, -0.05) is 61.6 Å². The van der Waals surface area contributed by atoms with E-state index in [0.29, 0.717) is 25.9 Å². The number of esters is 1. The average molecular weight is 767 g/mol. The Morgan fingerprint density at radius 3 is 2.12 bits per heavy atom. The minimum atomic E-state index is -2.17. The van der Waals surface area contributed by atoms with Crippen LogP contribution < -0.4 is 0 Å². The lowest BCUT2D eigenvalue weighted by molar-refractivity contribution is -0.143. The van der Waals surface area contributed by atoms with Gasteiger partial charge in [-0.2, -0.15) is 0 Å². The van der Waals surface area contributed by atoms with E-state index in [-0.39, 0.29) is 83.1 Å². The van der Waals surface area contributed by atoms with E-state index in [2.05, 4.69) is 87.8 Å². The van der Waals surface area contributed by atoms with Crippen LogP contribution in [-0.4, -0.2) is 98.5 Å². The van der Waals surface area contributed by atoms with Gasteiger partial charge in [0, 0.05) is 32.3 Å². The predicted octanol–water partition coefficient (Wildman–Crippen LogP) is 8.96. The maximum atomic E-state index is 12.8. The highest BCUT2D eigenvalue weighted by Gasteiger charge is 2.50. The zero-order valence-corrected chi connectivity index (χ0v) is 37.0. The summed E-state index contributed by atoms with van der Waals surface area (Å²) in [4.78, 5) is 23.7. The molecule has 0 N–H and O–H groups in total. The summed E-state index contributed by atoms with van der Waals surface area (Å²) in [5, 5.41) is 0.0929. The Morgan fingerprint density at radius 1 is 0.904 bits per heavy atom. The first-order valence-electron chi connectivity index (χ1n) is 19.7. The number of carbonyl (C=O) groups excluding carboxylic acids is 2. The Kier molecular flexibility index (Phi) is 16.2. The average Bonchev–Trinajstić information content (AvgIpc) is 3.56. The number of aldehydes is 1. The van der Waals surface area contributed by atoms with Crippen LogP contribution in [0.1, 0.15) is 106 Å². The molecule has 9 nitrogen and oxygen atoms in total. The van der Waals surface area contributed by atoms with Crippen molar-refractivity contribution in [2.45, 2.75) is 191 Å². The molecule has 0 radical (unpaired) electrons. The fourth-order valence-corrected chi connectivity index (χ4v) is 9.74. The summed E-state index contributed by atoms with van der Waals surface area (Å²) in [6.07, 6.45) is 5.72. The fourth-order valence-electron chi connectivity index (χ4n) is 7.36. The second-order valence-corrected chi connectivity index (χ2v) is 28.4. The van der Waals surface area contributed by atoms with Crippen molar-refractivity contribution in [3.63, 3.8) is 0 Å². The normalized spacial score (nSPS) is 31.2. The van der Waals surface area contributed by atoms with Gasteiger partial charge in [-0.15, -0.1) is 0 Å². The van der Waals surface area contributed by atoms with Gasteiger partial charge in [-0.05, 0) is 85.4 Å². The van der Waals surface area contributed by atoms with Gasteiger partial charge in [0.2, 0.25) is 0 Å². The minimum absolute atomic E-state index is 0.00735. The molecule has 3 fully saturated rings. The van der Waals surface area contributed by atoms with Gasteiger partial charge < -0.3 is 37.3 Å². The number of hydrogen-bond acceptors (Lipinski definition) is 9. The van der Waals surface area contributed by atoms with Crippen molar-refractivity contribution in [3.05, 3.63) is 24.3 Å². The molecule has 3 aliphatic rings. The van der Waals surface area contributed by atoms with Crippen molar-refractivity contribution >= 4 is 28.9 Å². The van der Waals surface area contributed by atoms with Crippen LogP contribution in [-0.2, 0) is 42.1 Å². The van der Waals surface area contributed by atoms with E-state index in [9.17, 15) is 9.59 Å². The first-order valence-corrected chi connectivity index (χ1v) is 25.5. The van der Waals surface area contributed by atoms with Crippen molar-refractivity contribution in [2.24, 2.45) is 11.8 Å². The predicted molar refractivity (Wildman–Crippen MR) is 213 cm³/mol. The van der Waals surface area contributed by atoms with Crippen LogP contribution in [0.25, 0.3) is 0 Å². The van der Waals surface area contributed by atoms with Crippen molar-refractivity contribution in [1.29, 1.82) is 0 Å². The first kappa shape index (κ1) is 45.2. The third kappa shape index (κ3) is 11.9. The summed E-state index contributed by atoms with van der Waals surface area (Å²) in [7, 11) is -1.08. The third-order valence-corrected chi connectivity index (χ3v) is 21.9. The molecule has 3 saturated heterocycles. The quantitative estimate of drug-likeness (QED) is 0.0586. The Balaban J connectivity index is 1.80. The maximum Gasteiger partial charge on any atom is 0.305 e. The lowest BCUT2D eigenvalue weighted by Gasteiger charge is -2.42. The zero-order chi connectivity index (χ0) is 39.2. The SMILES string of the molecule is C=C1CC(CCC=O)OC1CC[C@H]1C[C@@H](C)C(=C)[C@@H](CC2OC(CC(CO[Si](C)(C)C(C)(C)C)O[Si](C)(C)C(C)(C)C)[C@H](OC)[C@H]2CC(=O)OC)O1. The summed E-state index contributed by atoms with van der Waals surface area (Å²) >= 11 is 0. The van der Waals surface area contributed by atoms with Crippen LogP contribution in [0.2, 0.25) is 36.3 Å². The molecule has 5 unspecified atom stereocenters. The van der Waals surface area contributed by atoms with Crippen molar-refractivity contribution in [1.82, 2.24) is 0 Å². The molecular weight excluding hydrogens is 693 g/mol. The second kappa shape index (κ2) is 18.6. The summed E-state index contributed by atoms with van der Waals surface area (Å²) in [5.74, 6) is -0.224. The molecule has 0 aliphatic carbocycles. The first-order chi connectivity index (χ1) is 24.0. The molecule has 3 aliphatic heterocycles. The van der Waals surface area contributed by atoms with E-state index in [0.717, 1.165) is 49.5 Å². The Hall–Kier alpha value is -1.19. The van der Waals surface area contributed by atoms with E-state index < -0.39 is 16.6 Å². The number of hydrogen-bond donors (Lipinski definition) is 0. The Labute approximate surface area is 318 Å². The largest absolute Gasteiger partial charge is 0.469 e. The number of methoxy groups -OCH3 is 2. The molecule has 11 heteroatoms. The molecule has 0 amide bonds. The van der Waals surface area contributed by atoms with Gasteiger partial charge in [-0.3, -0.25) is 4.79 Å². The van der Waals surface area contributed by atoms with Crippen molar-refractivity contribution in [3.8, 4) is 0 Å². The lowest BCUT2D eigenvalue weighted by atomic mass is 9.82. The summed E-state index contributed by atoms with van der Waals surface area (Å²) in [6.45, 7) is 34.1. The van der Waals surface area contributed by atoms with Gasteiger partial charge in [-0.25, -0.2) is 0 Å². The van der Waals surface area contributed by atoms with Crippen LogP contribution in [0.5, 0.6) is 0 Å². The monoisotopic (exact) mass is 766 g/mol. The Bertz CT molecular complexity index is 1210. The second-order valence-electron chi connectivity index (χ2n) is 18.8. The molecule has 10 atom stereocenters. The zero-order valence-electron chi connectivity index (χ0n) is 35.0. The molecular formula is C41H74O9Si2. The maximum absolute atomic E-state index is 12.8.